The van der Waals surface area contributed by atoms with Crippen LogP contribution in [0.4, 0.5) is 0 Å². The summed E-state index contributed by atoms with van der Waals surface area (Å²) in [5.41, 5.74) is 2.01. The third kappa shape index (κ3) is 4.43. The largest absolute Gasteiger partial charge is 0.477 e. The molecule has 68 valence electrons. The zero-order valence-corrected chi connectivity index (χ0v) is 7.13. The van der Waals surface area contributed by atoms with Gasteiger partial charge in [0.05, 0.1) is 0 Å². The topological polar surface area (TPSA) is 78.8 Å². The summed E-state index contributed by atoms with van der Waals surface area (Å²) in [5, 5.41) is 11.7. The first kappa shape index (κ1) is 10.6. The van der Waals surface area contributed by atoms with Crippen LogP contribution in [0.1, 0.15) is 26.7 Å². The monoisotopic (exact) mass is 172 g/mol. The predicted octanol–water partition coefficient (Wildman–Crippen LogP) is 0.363. The van der Waals surface area contributed by atoms with Gasteiger partial charge in [0.2, 0.25) is 5.91 Å². The number of hydrogen-bond donors (Lipinski definition) is 2. The van der Waals surface area contributed by atoms with E-state index < -0.39 is 5.97 Å². The van der Waals surface area contributed by atoms with Crippen molar-refractivity contribution in [1.82, 2.24) is 5.43 Å². The van der Waals surface area contributed by atoms with Crippen molar-refractivity contribution < 1.29 is 14.7 Å². The SMILES string of the molecule is CCCC(=O)N/N=C(/C)C(=O)O. The zero-order chi connectivity index (χ0) is 9.56. The second-order valence-electron chi connectivity index (χ2n) is 2.29. The lowest BCUT2D eigenvalue weighted by atomic mass is 10.3. The third-order valence-corrected chi connectivity index (χ3v) is 1.13. The highest BCUT2D eigenvalue weighted by atomic mass is 16.4. The van der Waals surface area contributed by atoms with Crippen LogP contribution in [0.2, 0.25) is 0 Å². The Labute approximate surface area is 70.5 Å². The number of hydrazone groups is 1. The average Bonchev–Trinajstić information content (AvgIpc) is 2.00. The van der Waals surface area contributed by atoms with Crippen LogP contribution in [-0.2, 0) is 9.59 Å². The van der Waals surface area contributed by atoms with Crippen LogP contribution >= 0.6 is 0 Å². The van der Waals surface area contributed by atoms with Gasteiger partial charge in [-0.15, -0.1) is 0 Å². The summed E-state index contributed by atoms with van der Waals surface area (Å²) in [4.78, 5) is 20.9. The van der Waals surface area contributed by atoms with E-state index in [1.165, 1.54) is 6.92 Å². The Balaban J connectivity index is 3.87. The average molecular weight is 172 g/mol. The number of carbonyl (C=O) groups is 2. The first-order valence-corrected chi connectivity index (χ1v) is 3.64. The maximum atomic E-state index is 10.8. The summed E-state index contributed by atoms with van der Waals surface area (Å²) in [6.07, 6.45) is 1.07. The van der Waals surface area contributed by atoms with Gasteiger partial charge in [0, 0.05) is 6.42 Å². The quantitative estimate of drug-likeness (QED) is 0.474. The van der Waals surface area contributed by atoms with E-state index in [4.69, 9.17) is 5.11 Å². The summed E-state index contributed by atoms with van der Waals surface area (Å²) in [5.74, 6) is -1.40. The van der Waals surface area contributed by atoms with E-state index in [0.717, 1.165) is 0 Å². The molecule has 0 aliphatic carbocycles. The van der Waals surface area contributed by atoms with Crippen molar-refractivity contribution in [3.63, 3.8) is 0 Å². The Kier molecular flexibility index (Phi) is 4.67. The Morgan fingerprint density at radius 1 is 1.50 bits per heavy atom. The molecular formula is C7H12N2O3. The molecule has 0 atom stereocenters. The molecule has 0 aromatic heterocycles. The van der Waals surface area contributed by atoms with Gasteiger partial charge in [-0.25, -0.2) is 10.2 Å². The normalized spacial score (nSPS) is 11.0. The molecule has 0 unspecified atom stereocenters. The van der Waals surface area contributed by atoms with E-state index >= 15 is 0 Å². The maximum Gasteiger partial charge on any atom is 0.351 e. The molecular weight excluding hydrogens is 160 g/mol. The van der Waals surface area contributed by atoms with Gasteiger partial charge >= 0.3 is 5.97 Å². The lowest BCUT2D eigenvalue weighted by Gasteiger charge is -1.96. The van der Waals surface area contributed by atoms with Gasteiger partial charge in [-0.2, -0.15) is 5.10 Å². The molecule has 0 saturated heterocycles. The van der Waals surface area contributed by atoms with Crippen LogP contribution in [0.3, 0.4) is 0 Å². The molecule has 1 amide bonds. The van der Waals surface area contributed by atoms with Crippen molar-refractivity contribution in [3.05, 3.63) is 0 Å². The number of carbonyl (C=O) groups excluding carboxylic acids is 1. The van der Waals surface area contributed by atoms with E-state index in [9.17, 15) is 9.59 Å². The molecule has 5 heteroatoms. The van der Waals surface area contributed by atoms with Crippen LogP contribution in [0.5, 0.6) is 0 Å². The fraction of sp³-hybridized carbons (Fsp3) is 0.571. The molecule has 0 radical (unpaired) electrons. The van der Waals surface area contributed by atoms with Gasteiger partial charge in [0.25, 0.3) is 0 Å². The first-order chi connectivity index (χ1) is 5.57. The van der Waals surface area contributed by atoms with Gasteiger partial charge in [-0.1, -0.05) is 6.92 Å². The fourth-order valence-electron chi connectivity index (χ4n) is 0.477. The highest BCUT2D eigenvalue weighted by molar-refractivity contribution is 6.34. The molecule has 0 bridgehead atoms. The molecule has 0 aromatic rings. The highest BCUT2D eigenvalue weighted by Gasteiger charge is 2.02. The van der Waals surface area contributed by atoms with E-state index in [1.54, 1.807) is 0 Å². The van der Waals surface area contributed by atoms with E-state index in [2.05, 4.69) is 10.5 Å². The van der Waals surface area contributed by atoms with Gasteiger partial charge in [-0.05, 0) is 13.3 Å². The van der Waals surface area contributed by atoms with E-state index in [-0.39, 0.29) is 11.6 Å². The van der Waals surface area contributed by atoms with Crippen LogP contribution in [0.15, 0.2) is 5.10 Å². The molecule has 0 aromatic carbocycles. The number of aliphatic carboxylic acids is 1. The number of hydrogen-bond acceptors (Lipinski definition) is 3. The molecule has 0 spiro atoms. The Morgan fingerprint density at radius 2 is 2.08 bits per heavy atom. The van der Waals surface area contributed by atoms with Crippen LogP contribution in [0.25, 0.3) is 0 Å². The second-order valence-corrected chi connectivity index (χ2v) is 2.29. The lowest BCUT2D eigenvalue weighted by molar-refractivity contribution is -0.129. The Bertz CT molecular complexity index is 211. The highest BCUT2D eigenvalue weighted by Crippen LogP contribution is 1.85. The summed E-state index contributed by atoms with van der Waals surface area (Å²) in [6.45, 7) is 3.17. The first-order valence-electron chi connectivity index (χ1n) is 3.64. The van der Waals surface area contributed by atoms with Crippen molar-refractivity contribution in [2.24, 2.45) is 5.10 Å². The van der Waals surface area contributed by atoms with E-state index in [0.29, 0.717) is 12.8 Å². The van der Waals surface area contributed by atoms with Crippen molar-refractivity contribution >= 4 is 17.6 Å². The number of amides is 1. The van der Waals surface area contributed by atoms with Gasteiger partial charge in [-0.3, -0.25) is 4.79 Å². The van der Waals surface area contributed by atoms with Crippen molar-refractivity contribution in [1.29, 1.82) is 0 Å². The van der Waals surface area contributed by atoms with E-state index in [1.807, 2.05) is 6.92 Å². The molecule has 2 N–H and O–H groups in total. The smallest absolute Gasteiger partial charge is 0.351 e. The molecule has 5 nitrogen and oxygen atoms in total. The van der Waals surface area contributed by atoms with Crippen molar-refractivity contribution in [3.8, 4) is 0 Å². The van der Waals surface area contributed by atoms with Gasteiger partial charge < -0.3 is 5.11 Å². The fourth-order valence-corrected chi connectivity index (χ4v) is 0.477. The number of nitrogens with zero attached hydrogens (tertiary/aromatic N) is 1. The molecule has 0 heterocycles. The molecule has 0 fully saturated rings. The number of carboxylic acids is 1. The molecule has 0 aliphatic heterocycles. The minimum Gasteiger partial charge on any atom is -0.477 e. The minimum absolute atomic E-state index is 0.126. The molecule has 0 rings (SSSR count). The number of rotatable bonds is 4. The van der Waals surface area contributed by atoms with Gasteiger partial charge in [0.15, 0.2) is 0 Å². The van der Waals surface area contributed by atoms with Crippen molar-refractivity contribution in [2.45, 2.75) is 26.7 Å². The number of carboxylic acid groups (broad SMARTS) is 1. The summed E-state index contributed by atoms with van der Waals surface area (Å²) >= 11 is 0. The lowest BCUT2D eigenvalue weighted by Crippen LogP contribution is -2.21. The molecule has 12 heavy (non-hydrogen) atoms. The predicted molar refractivity (Wildman–Crippen MR) is 43.8 cm³/mol. The minimum atomic E-state index is -1.13. The second kappa shape index (κ2) is 5.29. The zero-order valence-electron chi connectivity index (χ0n) is 7.13. The van der Waals surface area contributed by atoms with Crippen LogP contribution < -0.4 is 5.43 Å². The van der Waals surface area contributed by atoms with Gasteiger partial charge in [0.1, 0.15) is 5.71 Å². The number of nitrogens with one attached hydrogen (secondary N) is 1. The molecule has 0 saturated carbocycles. The molecule has 0 aliphatic rings. The summed E-state index contributed by atoms with van der Waals surface area (Å²) < 4.78 is 0. The standard InChI is InChI=1S/C7H12N2O3/c1-3-4-6(10)9-8-5(2)7(11)12/h3-4H2,1-2H3,(H,9,10)(H,11,12)/b8-5-. The maximum absolute atomic E-state index is 10.8. The van der Waals surface area contributed by atoms with Crippen molar-refractivity contribution in [2.75, 3.05) is 0 Å². The summed E-state index contributed by atoms with van der Waals surface area (Å²) in [7, 11) is 0. The third-order valence-electron chi connectivity index (χ3n) is 1.13. The summed E-state index contributed by atoms with van der Waals surface area (Å²) in [6, 6.07) is 0. The van der Waals surface area contributed by atoms with Crippen LogP contribution in [-0.4, -0.2) is 22.7 Å². The Hall–Kier alpha value is -1.39. The Morgan fingerprint density at radius 3 is 2.50 bits per heavy atom. The van der Waals surface area contributed by atoms with Crippen LogP contribution in [0, 0.1) is 0 Å².